The molecular formula is C9H15N5O3S. The maximum atomic E-state index is 12.0. The van der Waals surface area contributed by atoms with Gasteiger partial charge >= 0.3 is 0 Å². The van der Waals surface area contributed by atoms with Crippen molar-refractivity contribution in [1.29, 1.82) is 0 Å². The summed E-state index contributed by atoms with van der Waals surface area (Å²) in [5.74, 6) is 0.0421. The number of nitrogens with two attached hydrogens (primary N) is 1. The van der Waals surface area contributed by atoms with Crippen LogP contribution in [0.3, 0.4) is 0 Å². The zero-order valence-corrected chi connectivity index (χ0v) is 10.8. The highest BCUT2D eigenvalue weighted by Gasteiger charge is 2.27. The number of carbonyl (C=O) groups excluding carboxylic acids is 1. The number of aromatic nitrogens is 2. The van der Waals surface area contributed by atoms with Crippen LogP contribution in [-0.4, -0.2) is 66.2 Å². The van der Waals surface area contributed by atoms with E-state index in [9.17, 15) is 13.2 Å². The first kappa shape index (κ1) is 12.8. The van der Waals surface area contributed by atoms with Crippen LogP contribution in [0.5, 0.6) is 0 Å². The molecule has 2 rings (SSSR count). The third-order valence-electron chi connectivity index (χ3n) is 2.82. The zero-order valence-electron chi connectivity index (χ0n) is 9.96. The second-order valence-electron chi connectivity index (χ2n) is 4.16. The van der Waals surface area contributed by atoms with Crippen molar-refractivity contribution in [3.05, 3.63) is 11.8 Å². The van der Waals surface area contributed by atoms with Gasteiger partial charge < -0.3 is 10.6 Å². The molecule has 18 heavy (non-hydrogen) atoms. The molecule has 0 unspecified atom stereocenters. The van der Waals surface area contributed by atoms with E-state index in [-0.39, 0.29) is 11.7 Å². The number of anilines is 1. The Morgan fingerprint density at radius 3 is 2.44 bits per heavy atom. The Balaban J connectivity index is 2.00. The number of hydrogen-bond donors (Lipinski definition) is 2. The topological polar surface area (TPSA) is 112 Å². The van der Waals surface area contributed by atoms with Gasteiger partial charge in [-0.3, -0.25) is 9.89 Å². The van der Waals surface area contributed by atoms with Crippen LogP contribution in [0.4, 0.5) is 5.82 Å². The third-order valence-corrected chi connectivity index (χ3v) is 4.13. The van der Waals surface area contributed by atoms with Gasteiger partial charge in [-0.2, -0.15) is 9.40 Å². The summed E-state index contributed by atoms with van der Waals surface area (Å²) in [5.41, 5.74) is 5.74. The smallest absolute Gasteiger partial charge is 0.272 e. The molecule has 1 aromatic rings. The van der Waals surface area contributed by atoms with E-state index in [1.54, 1.807) is 4.90 Å². The molecule has 0 aromatic carbocycles. The molecule has 1 amide bonds. The lowest BCUT2D eigenvalue weighted by atomic mass is 10.3. The lowest BCUT2D eigenvalue weighted by molar-refractivity contribution is 0.0692. The highest BCUT2D eigenvalue weighted by Crippen LogP contribution is 2.10. The van der Waals surface area contributed by atoms with Crippen molar-refractivity contribution in [2.24, 2.45) is 0 Å². The van der Waals surface area contributed by atoms with Crippen molar-refractivity contribution >= 4 is 21.7 Å². The average molecular weight is 273 g/mol. The van der Waals surface area contributed by atoms with E-state index in [0.717, 1.165) is 0 Å². The van der Waals surface area contributed by atoms with Gasteiger partial charge in [-0.1, -0.05) is 0 Å². The Labute approximate surface area is 105 Å². The number of H-pyrrole nitrogens is 1. The number of piperazine rings is 1. The molecule has 1 aromatic heterocycles. The molecule has 0 aliphatic carbocycles. The Kier molecular flexibility index (Phi) is 3.26. The first-order valence-corrected chi connectivity index (χ1v) is 7.28. The normalized spacial score (nSPS) is 17.9. The zero-order chi connectivity index (χ0) is 13.3. The van der Waals surface area contributed by atoms with Gasteiger partial charge in [0.05, 0.1) is 6.26 Å². The largest absolute Gasteiger partial charge is 0.382 e. The van der Waals surface area contributed by atoms with E-state index in [2.05, 4.69) is 10.2 Å². The summed E-state index contributed by atoms with van der Waals surface area (Å²) in [5, 5.41) is 6.23. The number of nitrogen functional groups attached to an aromatic ring is 1. The summed E-state index contributed by atoms with van der Waals surface area (Å²) in [6.45, 7) is 1.36. The lowest BCUT2D eigenvalue weighted by Crippen LogP contribution is -2.50. The Bertz CT molecular complexity index is 544. The second-order valence-corrected chi connectivity index (χ2v) is 6.14. The summed E-state index contributed by atoms with van der Waals surface area (Å²) >= 11 is 0. The van der Waals surface area contributed by atoms with Crippen LogP contribution in [0, 0.1) is 0 Å². The molecule has 1 saturated heterocycles. The van der Waals surface area contributed by atoms with Crippen LogP contribution in [0.25, 0.3) is 0 Å². The van der Waals surface area contributed by atoms with Gasteiger partial charge in [0.25, 0.3) is 5.91 Å². The number of nitrogens with zero attached hydrogens (tertiary/aromatic N) is 3. The number of hydrogen-bond acceptors (Lipinski definition) is 5. The predicted molar refractivity (Wildman–Crippen MR) is 65.3 cm³/mol. The van der Waals surface area contributed by atoms with E-state index < -0.39 is 10.0 Å². The van der Waals surface area contributed by atoms with E-state index in [4.69, 9.17) is 5.73 Å². The third kappa shape index (κ3) is 2.62. The molecule has 0 atom stereocenters. The molecule has 100 valence electrons. The van der Waals surface area contributed by atoms with Crippen LogP contribution in [0.2, 0.25) is 0 Å². The van der Waals surface area contributed by atoms with Crippen LogP contribution in [0.15, 0.2) is 6.07 Å². The molecule has 2 heterocycles. The maximum Gasteiger partial charge on any atom is 0.272 e. The highest BCUT2D eigenvalue weighted by molar-refractivity contribution is 7.88. The summed E-state index contributed by atoms with van der Waals surface area (Å²) in [7, 11) is -3.18. The van der Waals surface area contributed by atoms with Gasteiger partial charge in [0, 0.05) is 32.2 Å². The lowest BCUT2D eigenvalue weighted by Gasteiger charge is -2.32. The van der Waals surface area contributed by atoms with Crippen molar-refractivity contribution in [3.63, 3.8) is 0 Å². The molecule has 0 radical (unpaired) electrons. The predicted octanol–water partition coefficient (Wildman–Crippen LogP) is -1.29. The van der Waals surface area contributed by atoms with Gasteiger partial charge in [-0.05, 0) is 0 Å². The van der Waals surface area contributed by atoms with Crippen LogP contribution < -0.4 is 5.73 Å². The van der Waals surface area contributed by atoms with Gasteiger partial charge in [0.1, 0.15) is 11.5 Å². The monoisotopic (exact) mass is 273 g/mol. The standard InChI is InChI=1S/C9H15N5O3S/c1-18(16,17)14-4-2-13(3-5-14)9(15)7-6-8(10)12-11-7/h6H,2-5H2,1H3,(H3,10,11,12). The van der Waals surface area contributed by atoms with Crippen LogP contribution in [0.1, 0.15) is 10.5 Å². The molecule has 0 bridgehead atoms. The second kappa shape index (κ2) is 4.58. The van der Waals surface area contributed by atoms with Gasteiger partial charge in [0.2, 0.25) is 10.0 Å². The Morgan fingerprint density at radius 2 is 2.00 bits per heavy atom. The number of rotatable bonds is 2. The van der Waals surface area contributed by atoms with Crippen molar-refractivity contribution in [1.82, 2.24) is 19.4 Å². The molecule has 0 saturated carbocycles. The van der Waals surface area contributed by atoms with Gasteiger partial charge in [-0.15, -0.1) is 0 Å². The molecule has 9 heteroatoms. The number of amides is 1. The summed E-state index contributed by atoms with van der Waals surface area (Å²) in [6.07, 6.45) is 1.17. The van der Waals surface area contributed by atoms with E-state index in [0.29, 0.717) is 31.9 Å². The van der Waals surface area contributed by atoms with Crippen molar-refractivity contribution in [2.45, 2.75) is 0 Å². The highest BCUT2D eigenvalue weighted by atomic mass is 32.2. The Hall–Kier alpha value is -1.61. The van der Waals surface area contributed by atoms with E-state index in [1.165, 1.54) is 16.6 Å². The quantitative estimate of drug-likeness (QED) is 0.696. The Morgan fingerprint density at radius 1 is 1.39 bits per heavy atom. The molecule has 1 aliphatic rings. The van der Waals surface area contributed by atoms with Crippen molar-refractivity contribution in [3.8, 4) is 0 Å². The van der Waals surface area contributed by atoms with E-state index in [1.807, 2.05) is 0 Å². The molecular weight excluding hydrogens is 258 g/mol. The van der Waals surface area contributed by atoms with Crippen LogP contribution >= 0.6 is 0 Å². The van der Waals surface area contributed by atoms with Crippen molar-refractivity contribution in [2.75, 3.05) is 38.2 Å². The minimum absolute atomic E-state index is 0.215. The number of carbonyl (C=O) groups is 1. The van der Waals surface area contributed by atoms with Crippen LogP contribution in [-0.2, 0) is 10.0 Å². The van der Waals surface area contributed by atoms with Gasteiger partial charge in [0.15, 0.2) is 0 Å². The SMILES string of the molecule is CS(=O)(=O)N1CCN(C(=O)c2cc(N)n[nH]2)CC1. The van der Waals surface area contributed by atoms with Crippen molar-refractivity contribution < 1.29 is 13.2 Å². The summed E-state index contributed by atoms with van der Waals surface area (Å²) in [4.78, 5) is 13.6. The minimum atomic E-state index is -3.18. The minimum Gasteiger partial charge on any atom is -0.382 e. The molecule has 1 aliphatic heterocycles. The first-order chi connectivity index (χ1) is 8.38. The summed E-state index contributed by atoms with van der Waals surface area (Å²) in [6, 6.07) is 1.46. The fraction of sp³-hybridized carbons (Fsp3) is 0.556. The fourth-order valence-corrected chi connectivity index (χ4v) is 2.67. The number of aromatic amines is 1. The molecule has 8 nitrogen and oxygen atoms in total. The molecule has 3 N–H and O–H groups in total. The summed E-state index contributed by atoms with van der Waals surface area (Å²) < 4.78 is 24.0. The number of nitrogens with one attached hydrogen (secondary N) is 1. The van der Waals surface area contributed by atoms with Gasteiger partial charge in [-0.25, -0.2) is 8.42 Å². The molecule has 1 fully saturated rings. The molecule has 0 spiro atoms. The number of sulfonamides is 1. The van der Waals surface area contributed by atoms with E-state index >= 15 is 0 Å². The maximum absolute atomic E-state index is 12.0. The average Bonchev–Trinajstić information content (AvgIpc) is 2.74. The fourth-order valence-electron chi connectivity index (χ4n) is 1.84. The first-order valence-electron chi connectivity index (χ1n) is 5.43.